The summed E-state index contributed by atoms with van der Waals surface area (Å²) in [5, 5.41) is 6.96. The molecule has 1 rings (SSSR count). The lowest BCUT2D eigenvalue weighted by Crippen LogP contribution is -2.27. The van der Waals surface area contributed by atoms with Crippen LogP contribution in [0.4, 0.5) is 13.2 Å². The van der Waals surface area contributed by atoms with Crippen LogP contribution in [-0.4, -0.2) is 32.8 Å². The summed E-state index contributed by atoms with van der Waals surface area (Å²) in [5.74, 6) is -1.31. The SMILES string of the molecule is NS(=O)(=O)CCCNC(=O)/C=C(/c1ccccc1)C(F)(F)F. The number of nitrogens with one attached hydrogen (secondary N) is 1. The highest BCUT2D eigenvalue weighted by molar-refractivity contribution is 7.89. The number of allylic oxidation sites excluding steroid dienone is 1. The summed E-state index contributed by atoms with van der Waals surface area (Å²) in [6, 6.07) is 6.91. The van der Waals surface area contributed by atoms with Gasteiger partial charge in [0.15, 0.2) is 0 Å². The molecule has 1 aromatic rings. The number of sulfonamides is 1. The lowest BCUT2D eigenvalue weighted by Gasteiger charge is -2.12. The van der Waals surface area contributed by atoms with Crippen molar-refractivity contribution in [2.75, 3.05) is 12.3 Å². The minimum Gasteiger partial charge on any atom is -0.353 e. The van der Waals surface area contributed by atoms with Crippen molar-refractivity contribution in [3.05, 3.63) is 42.0 Å². The number of rotatable bonds is 6. The predicted octanol–water partition coefficient (Wildman–Crippen LogP) is 1.43. The third-order valence-electron chi connectivity index (χ3n) is 2.57. The van der Waals surface area contributed by atoms with E-state index in [1.165, 1.54) is 24.3 Å². The van der Waals surface area contributed by atoms with Crippen molar-refractivity contribution in [1.82, 2.24) is 5.32 Å². The fourth-order valence-electron chi connectivity index (χ4n) is 1.61. The maximum atomic E-state index is 13.0. The fraction of sp³-hybridized carbons (Fsp3) is 0.308. The van der Waals surface area contributed by atoms with Crippen LogP contribution >= 0.6 is 0 Å². The highest BCUT2D eigenvalue weighted by atomic mass is 32.2. The molecular weight excluding hydrogens is 321 g/mol. The molecule has 0 saturated carbocycles. The van der Waals surface area contributed by atoms with E-state index in [1.54, 1.807) is 6.07 Å². The molecule has 0 saturated heterocycles. The normalized spacial score (nSPS) is 13.0. The second-order valence-electron chi connectivity index (χ2n) is 4.43. The quantitative estimate of drug-likeness (QED) is 0.608. The van der Waals surface area contributed by atoms with Gasteiger partial charge in [-0.25, -0.2) is 13.6 Å². The number of halogens is 3. The highest BCUT2D eigenvalue weighted by Gasteiger charge is 2.35. The van der Waals surface area contributed by atoms with Gasteiger partial charge in [-0.3, -0.25) is 4.79 Å². The molecule has 0 unspecified atom stereocenters. The van der Waals surface area contributed by atoms with Crippen molar-refractivity contribution in [3.8, 4) is 0 Å². The molecule has 0 heterocycles. The second kappa shape index (κ2) is 7.41. The van der Waals surface area contributed by atoms with E-state index < -0.39 is 27.7 Å². The Morgan fingerprint density at radius 2 is 1.82 bits per heavy atom. The van der Waals surface area contributed by atoms with Gasteiger partial charge in [0.05, 0.1) is 11.3 Å². The largest absolute Gasteiger partial charge is 0.417 e. The Morgan fingerprint density at radius 1 is 1.23 bits per heavy atom. The van der Waals surface area contributed by atoms with Gasteiger partial charge >= 0.3 is 6.18 Å². The molecule has 5 nitrogen and oxygen atoms in total. The molecule has 9 heteroatoms. The number of benzene rings is 1. The van der Waals surface area contributed by atoms with E-state index in [0.717, 1.165) is 0 Å². The number of carbonyl (C=O) groups is 1. The van der Waals surface area contributed by atoms with Crippen LogP contribution in [0.1, 0.15) is 12.0 Å². The van der Waals surface area contributed by atoms with E-state index in [2.05, 4.69) is 5.32 Å². The summed E-state index contributed by atoms with van der Waals surface area (Å²) in [4.78, 5) is 11.5. The maximum Gasteiger partial charge on any atom is 0.417 e. The zero-order chi connectivity index (χ0) is 16.8. The van der Waals surface area contributed by atoms with Crippen LogP contribution in [0.25, 0.3) is 5.57 Å². The zero-order valence-corrected chi connectivity index (χ0v) is 12.2. The van der Waals surface area contributed by atoms with E-state index in [1.807, 2.05) is 0 Å². The molecule has 0 fully saturated rings. The van der Waals surface area contributed by atoms with Gasteiger partial charge < -0.3 is 5.32 Å². The van der Waals surface area contributed by atoms with E-state index in [-0.39, 0.29) is 24.3 Å². The smallest absolute Gasteiger partial charge is 0.353 e. The number of carbonyl (C=O) groups excluding carboxylic acids is 1. The molecule has 0 radical (unpaired) electrons. The van der Waals surface area contributed by atoms with Gasteiger partial charge in [-0.2, -0.15) is 13.2 Å². The number of nitrogens with two attached hydrogens (primary N) is 1. The monoisotopic (exact) mass is 336 g/mol. The Morgan fingerprint density at radius 3 is 2.32 bits per heavy atom. The average molecular weight is 336 g/mol. The molecule has 122 valence electrons. The van der Waals surface area contributed by atoms with Crippen LogP contribution in [0.2, 0.25) is 0 Å². The van der Waals surface area contributed by atoms with Crippen molar-refractivity contribution in [2.45, 2.75) is 12.6 Å². The summed E-state index contributed by atoms with van der Waals surface area (Å²) < 4.78 is 60.2. The molecule has 0 aliphatic carbocycles. The Labute approximate surface area is 126 Å². The van der Waals surface area contributed by atoms with Gasteiger partial charge in [-0.15, -0.1) is 0 Å². The van der Waals surface area contributed by atoms with E-state index in [4.69, 9.17) is 5.14 Å². The number of primary sulfonamides is 1. The first-order valence-electron chi connectivity index (χ1n) is 6.22. The fourth-order valence-corrected chi connectivity index (χ4v) is 2.16. The first kappa shape index (κ1) is 18.2. The van der Waals surface area contributed by atoms with Crippen molar-refractivity contribution in [2.24, 2.45) is 5.14 Å². The predicted molar refractivity (Wildman–Crippen MR) is 76.1 cm³/mol. The summed E-state index contributed by atoms with van der Waals surface area (Å²) in [7, 11) is -3.66. The molecule has 1 amide bonds. The summed E-state index contributed by atoms with van der Waals surface area (Å²) >= 11 is 0. The third kappa shape index (κ3) is 6.72. The zero-order valence-electron chi connectivity index (χ0n) is 11.4. The van der Waals surface area contributed by atoms with E-state index in [0.29, 0.717) is 6.08 Å². The van der Waals surface area contributed by atoms with Gasteiger partial charge in [-0.05, 0) is 12.0 Å². The minimum atomic E-state index is -4.68. The topological polar surface area (TPSA) is 89.3 Å². The molecule has 0 aromatic heterocycles. The van der Waals surface area contributed by atoms with Crippen molar-refractivity contribution in [1.29, 1.82) is 0 Å². The van der Waals surface area contributed by atoms with E-state index in [9.17, 15) is 26.4 Å². The molecule has 1 aromatic carbocycles. The molecule has 0 bridgehead atoms. The molecule has 3 N–H and O–H groups in total. The van der Waals surface area contributed by atoms with Gasteiger partial charge in [0.25, 0.3) is 0 Å². The Bertz CT molecular complexity index is 640. The van der Waals surface area contributed by atoms with Gasteiger partial charge in [0.2, 0.25) is 15.9 Å². The van der Waals surface area contributed by atoms with Crippen molar-refractivity contribution in [3.63, 3.8) is 0 Å². The van der Waals surface area contributed by atoms with Crippen molar-refractivity contribution < 1.29 is 26.4 Å². The van der Waals surface area contributed by atoms with Crippen LogP contribution in [-0.2, 0) is 14.8 Å². The Hall–Kier alpha value is -1.87. The van der Waals surface area contributed by atoms with Crippen LogP contribution in [0.5, 0.6) is 0 Å². The van der Waals surface area contributed by atoms with Gasteiger partial charge in [0, 0.05) is 12.6 Å². The number of alkyl halides is 3. The molecule has 0 atom stereocenters. The Balaban J connectivity index is 2.75. The summed E-state index contributed by atoms with van der Waals surface area (Å²) in [5.41, 5.74) is -1.20. The summed E-state index contributed by atoms with van der Waals surface area (Å²) in [6.45, 7) is -0.0916. The lowest BCUT2D eigenvalue weighted by molar-refractivity contribution is -0.117. The first-order valence-corrected chi connectivity index (χ1v) is 7.94. The summed E-state index contributed by atoms with van der Waals surface area (Å²) in [6.07, 6.45) is -4.21. The van der Waals surface area contributed by atoms with Crippen molar-refractivity contribution >= 4 is 21.5 Å². The third-order valence-corrected chi connectivity index (χ3v) is 3.43. The van der Waals surface area contributed by atoms with E-state index >= 15 is 0 Å². The number of hydrogen-bond acceptors (Lipinski definition) is 3. The van der Waals surface area contributed by atoms with Crippen LogP contribution in [0, 0.1) is 0 Å². The minimum absolute atomic E-state index is 0.0189. The van der Waals surface area contributed by atoms with Crippen LogP contribution < -0.4 is 10.5 Å². The number of amides is 1. The van der Waals surface area contributed by atoms with Gasteiger partial charge in [0.1, 0.15) is 0 Å². The number of hydrogen-bond donors (Lipinski definition) is 2. The van der Waals surface area contributed by atoms with Crippen LogP contribution in [0.3, 0.4) is 0 Å². The molecule has 0 aliphatic heterocycles. The molecule has 22 heavy (non-hydrogen) atoms. The first-order chi connectivity index (χ1) is 10.1. The second-order valence-corrected chi connectivity index (χ2v) is 6.17. The maximum absolute atomic E-state index is 13.0. The Kier molecular flexibility index (Phi) is 6.12. The van der Waals surface area contributed by atoms with Gasteiger partial charge in [-0.1, -0.05) is 30.3 Å². The highest BCUT2D eigenvalue weighted by Crippen LogP contribution is 2.33. The van der Waals surface area contributed by atoms with Crippen LogP contribution in [0.15, 0.2) is 36.4 Å². The average Bonchev–Trinajstić information content (AvgIpc) is 2.40. The standard InChI is InChI=1S/C13H15F3N2O3S/c14-13(15,16)11(10-5-2-1-3-6-10)9-12(19)18-7-4-8-22(17,20)21/h1-3,5-6,9H,4,7-8H2,(H,18,19)(H2,17,20,21)/b11-9-. The molecular formula is C13H15F3N2O3S. The molecule has 0 aliphatic rings. The lowest BCUT2D eigenvalue weighted by atomic mass is 10.1. The molecule has 0 spiro atoms.